The van der Waals surface area contributed by atoms with Gasteiger partial charge in [0, 0.05) is 18.0 Å². The van der Waals surface area contributed by atoms with Crippen molar-refractivity contribution in [1.29, 1.82) is 0 Å². The second-order valence-corrected chi connectivity index (χ2v) is 8.44. The van der Waals surface area contributed by atoms with E-state index in [1.54, 1.807) is 6.07 Å². The Bertz CT molecular complexity index is 527. The van der Waals surface area contributed by atoms with Crippen molar-refractivity contribution < 1.29 is 13.5 Å². The van der Waals surface area contributed by atoms with Crippen LogP contribution in [0, 0.1) is 5.92 Å². The molecule has 1 saturated heterocycles. The van der Waals surface area contributed by atoms with Crippen LogP contribution in [0.1, 0.15) is 25.6 Å². The van der Waals surface area contributed by atoms with Crippen molar-refractivity contribution in [2.45, 2.75) is 37.0 Å². The van der Waals surface area contributed by atoms with Gasteiger partial charge in [0.25, 0.3) is 10.0 Å². The number of sulfonamides is 1. The Kier molecular flexibility index (Phi) is 3.57. The molecule has 18 heavy (non-hydrogen) atoms. The normalized spacial score (nSPS) is 20.1. The smallest absolute Gasteiger partial charge is 0.252 e. The standard InChI is InChI=1S/C12H19NO3S2/c1-4-10-5-6-11(17-10)18(15,16)13-7-12(14,8-13)9(2)3/h5-6,9,14H,4,7-8H2,1-3H3. The average molecular weight is 289 g/mol. The maximum atomic E-state index is 12.3. The van der Waals surface area contributed by atoms with Gasteiger partial charge in [-0.25, -0.2) is 8.42 Å². The molecule has 0 aromatic carbocycles. The summed E-state index contributed by atoms with van der Waals surface area (Å²) >= 11 is 1.31. The van der Waals surface area contributed by atoms with Gasteiger partial charge in [-0.05, 0) is 24.5 Å². The van der Waals surface area contributed by atoms with Gasteiger partial charge < -0.3 is 5.11 Å². The molecule has 6 heteroatoms. The van der Waals surface area contributed by atoms with E-state index >= 15 is 0 Å². The van der Waals surface area contributed by atoms with Crippen LogP contribution in [0.25, 0.3) is 0 Å². The van der Waals surface area contributed by atoms with Crippen molar-refractivity contribution >= 4 is 21.4 Å². The van der Waals surface area contributed by atoms with E-state index in [0.717, 1.165) is 11.3 Å². The molecule has 0 unspecified atom stereocenters. The first-order chi connectivity index (χ1) is 8.29. The van der Waals surface area contributed by atoms with Gasteiger partial charge in [-0.2, -0.15) is 4.31 Å². The molecule has 2 rings (SSSR count). The summed E-state index contributed by atoms with van der Waals surface area (Å²) in [6.07, 6.45) is 0.843. The van der Waals surface area contributed by atoms with Crippen molar-refractivity contribution in [1.82, 2.24) is 4.31 Å². The molecule has 1 N–H and O–H groups in total. The van der Waals surface area contributed by atoms with Crippen molar-refractivity contribution in [3.8, 4) is 0 Å². The molecular formula is C12H19NO3S2. The molecule has 102 valence electrons. The minimum absolute atomic E-state index is 0.0680. The lowest BCUT2D eigenvalue weighted by Gasteiger charge is -2.47. The molecule has 1 aliphatic rings. The van der Waals surface area contributed by atoms with Crippen LogP contribution in [0.4, 0.5) is 0 Å². The number of rotatable bonds is 4. The quantitative estimate of drug-likeness (QED) is 0.918. The molecule has 1 aliphatic heterocycles. The minimum Gasteiger partial charge on any atom is -0.387 e. The van der Waals surface area contributed by atoms with Crippen LogP contribution in [-0.4, -0.2) is 36.5 Å². The Morgan fingerprint density at radius 3 is 2.50 bits per heavy atom. The summed E-state index contributed by atoms with van der Waals surface area (Å²) in [6, 6.07) is 3.51. The van der Waals surface area contributed by atoms with Gasteiger partial charge in [0.15, 0.2) is 0 Å². The number of β-amino-alcohol motifs (C(OH)–C–C–N with tert-alkyl or cyclic N) is 1. The molecule has 0 radical (unpaired) electrons. The molecule has 1 aromatic rings. The summed E-state index contributed by atoms with van der Waals surface area (Å²) in [6.45, 7) is 6.22. The molecule has 0 amide bonds. The second-order valence-electron chi connectivity index (χ2n) is 5.11. The Morgan fingerprint density at radius 1 is 1.44 bits per heavy atom. The van der Waals surface area contributed by atoms with Gasteiger partial charge in [-0.3, -0.25) is 0 Å². The van der Waals surface area contributed by atoms with E-state index in [1.165, 1.54) is 15.6 Å². The Morgan fingerprint density at radius 2 is 2.06 bits per heavy atom. The van der Waals surface area contributed by atoms with E-state index in [2.05, 4.69) is 0 Å². The number of thiophene rings is 1. The average Bonchev–Trinajstić information content (AvgIpc) is 2.73. The zero-order chi connectivity index (χ0) is 13.6. The van der Waals surface area contributed by atoms with Crippen LogP contribution < -0.4 is 0 Å². The van der Waals surface area contributed by atoms with Gasteiger partial charge in [-0.1, -0.05) is 20.8 Å². The molecule has 0 spiro atoms. The molecule has 0 atom stereocenters. The second kappa shape index (κ2) is 4.59. The van der Waals surface area contributed by atoms with Crippen molar-refractivity contribution in [2.24, 2.45) is 5.92 Å². The van der Waals surface area contributed by atoms with E-state index in [0.29, 0.717) is 4.21 Å². The SMILES string of the molecule is CCc1ccc(S(=O)(=O)N2CC(O)(C(C)C)C2)s1. The minimum atomic E-state index is -3.40. The zero-order valence-corrected chi connectivity index (χ0v) is 12.5. The summed E-state index contributed by atoms with van der Waals surface area (Å²) in [7, 11) is -3.40. The van der Waals surface area contributed by atoms with E-state index in [-0.39, 0.29) is 19.0 Å². The summed E-state index contributed by atoms with van der Waals surface area (Å²) < 4.78 is 26.3. The van der Waals surface area contributed by atoms with E-state index in [4.69, 9.17) is 0 Å². The molecular weight excluding hydrogens is 270 g/mol. The molecule has 4 nitrogen and oxygen atoms in total. The predicted octanol–water partition coefficient (Wildman–Crippen LogP) is 1.70. The summed E-state index contributed by atoms with van der Waals surface area (Å²) in [5.41, 5.74) is -0.863. The number of nitrogens with zero attached hydrogens (tertiary/aromatic N) is 1. The fraction of sp³-hybridized carbons (Fsp3) is 0.667. The van der Waals surface area contributed by atoms with Crippen LogP contribution in [0.2, 0.25) is 0 Å². The topological polar surface area (TPSA) is 57.6 Å². The van der Waals surface area contributed by atoms with Gasteiger partial charge in [0.2, 0.25) is 0 Å². The lowest BCUT2D eigenvalue weighted by Crippen LogP contribution is -2.65. The molecule has 1 fully saturated rings. The predicted molar refractivity (Wildman–Crippen MR) is 72.2 cm³/mol. The van der Waals surface area contributed by atoms with Crippen molar-refractivity contribution in [3.05, 3.63) is 17.0 Å². The van der Waals surface area contributed by atoms with Gasteiger partial charge in [-0.15, -0.1) is 11.3 Å². The highest BCUT2D eigenvalue weighted by atomic mass is 32.2. The Hall–Kier alpha value is -0.430. The maximum absolute atomic E-state index is 12.3. The first kappa shape index (κ1) is 14.0. The lowest BCUT2D eigenvalue weighted by atomic mass is 9.85. The summed E-state index contributed by atoms with van der Waals surface area (Å²) in [5.74, 6) is 0.0680. The van der Waals surface area contributed by atoms with Crippen LogP contribution in [0.15, 0.2) is 16.3 Å². The lowest BCUT2D eigenvalue weighted by molar-refractivity contribution is -0.0931. The molecule has 0 aliphatic carbocycles. The molecule has 1 aromatic heterocycles. The van der Waals surface area contributed by atoms with Gasteiger partial charge in [0.1, 0.15) is 4.21 Å². The third kappa shape index (κ3) is 2.22. The Balaban J connectivity index is 2.15. The number of hydrogen-bond acceptors (Lipinski definition) is 4. The highest BCUT2D eigenvalue weighted by Gasteiger charge is 2.49. The fourth-order valence-electron chi connectivity index (χ4n) is 1.91. The fourth-order valence-corrected chi connectivity index (χ4v) is 4.93. The third-order valence-corrected chi connectivity index (χ3v) is 7.04. The van der Waals surface area contributed by atoms with E-state index < -0.39 is 15.6 Å². The number of hydrogen-bond donors (Lipinski definition) is 1. The largest absolute Gasteiger partial charge is 0.387 e. The summed E-state index contributed by atoms with van der Waals surface area (Å²) in [4.78, 5) is 1.06. The maximum Gasteiger partial charge on any atom is 0.252 e. The highest BCUT2D eigenvalue weighted by Crippen LogP contribution is 2.35. The molecule has 0 bridgehead atoms. The van der Waals surface area contributed by atoms with Crippen molar-refractivity contribution in [2.75, 3.05) is 13.1 Å². The monoisotopic (exact) mass is 289 g/mol. The molecule has 0 saturated carbocycles. The van der Waals surface area contributed by atoms with E-state index in [9.17, 15) is 13.5 Å². The number of aryl methyl sites for hydroxylation is 1. The van der Waals surface area contributed by atoms with Gasteiger partial charge >= 0.3 is 0 Å². The summed E-state index contributed by atoms with van der Waals surface area (Å²) in [5, 5.41) is 10.1. The van der Waals surface area contributed by atoms with Crippen molar-refractivity contribution in [3.63, 3.8) is 0 Å². The first-order valence-corrected chi connectivity index (χ1v) is 8.36. The first-order valence-electron chi connectivity index (χ1n) is 6.11. The van der Waals surface area contributed by atoms with E-state index in [1.807, 2.05) is 26.8 Å². The van der Waals surface area contributed by atoms with Crippen LogP contribution >= 0.6 is 11.3 Å². The third-order valence-electron chi connectivity index (χ3n) is 3.55. The van der Waals surface area contributed by atoms with Crippen LogP contribution in [0.3, 0.4) is 0 Å². The van der Waals surface area contributed by atoms with Crippen LogP contribution in [0.5, 0.6) is 0 Å². The zero-order valence-electron chi connectivity index (χ0n) is 10.9. The molecule has 2 heterocycles. The number of aliphatic hydroxyl groups is 1. The van der Waals surface area contributed by atoms with Crippen LogP contribution in [-0.2, 0) is 16.4 Å². The van der Waals surface area contributed by atoms with Gasteiger partial charge in [0.05, 0.1) is 5.60 Å². The highest BCUT2D eigenvalue weighted by molar-refractivity contribution is 7.91. The Labute approximate surface area is 112 Å².